The number of aromatic nitrogens is 2. The van der Waals surface area contributed by atoms with Crippen LogP contribution in [0.5, 0.6) is 5.75 Å². The van der Waals surface area contributed by atoms with Crippen LogP contribution in [0.2, 0.25) is 0 Å². The smallest absolute Gasteiger partial charge is 0.359 e. The average Bonchev–Trinajstić information content (AvgIpc) is 3.31. The van der Waals surface area contributed by atoms with E-state index in [1.54, 1.807) is 56.6 Å². The third kappa shape index (κ3) is 3.46. The number of nitrogens with zero attached hydrogens (tertiary/aromatic N) is 2. The number of rotatable bonds is 6. The molecule has 0 unspecified atom stereocenters. The highest BCUT2D eigenvalue weighted by Crippen LogP contribution is 2.21. The van der Waals surface area contributed by atoms with Crippen molar-refractivity contribution in [2.75, 3.05) is 13.7 Å². The van der Waals surface area contributed by atoms with Crippen LogP contribution in [0.25, 0.3) is 5.69 Å². The number of hydrogen-bond donors (Lipinski definition) is 0. The lowest BCUT2D eigenvalue weighted by Gasteiger charge is -2.03. The minimum Gasteiger partial charge on any atom is -0.497 e. The number of ketones is 1. The Bertz CT molecular complexity index is 882. The highest BCUT2D eigenvalue weighted by Gasteiger charge is 2.25. The van der Waals surface area contributed by atoms with Gasteiger partial charge in [0.15, 0.2) is 5.69 Å². The van der Waals surface area contributed by atoms with Gasteiger partial charge in [0.1, 0.15) is 5.75 Å². The average molecular weight is 356 g/mol. The van der Waals surface area contributed by atoms with Crippen LogP contribution in [0.15, 0.2) is 48.0 Å². The van der Waals surface area contributed by atoms with Crippen molar-refractivity contribution in [1.82, 2.24) is 9.78 Å². The van der Waals surface area contributed by atoms with Gasteiger partial charge in [-0.1, -0.05) is 6.07 Å². The minimum atomic E-state index is -0.616. The topological polar surface area (TPSA) is 70.4 Å². The highest BCUT2D eigenvalue weighted by atomic mass is 32.1. The van der Waals surface area contributed by atoms with E-state index in [9.17, 15) is 9.59 Å². The van der Waals surface area contributed by atoms with E-state index in [0.717, 1.165) is 0 Å². The van der Waals surface area contributed by atoms with E-state index in [1.165, 1.54) is 16.0 Å². The van der Waals surface area contributed by atoms with Crippen molar-refractivity contribution >= 4 is 23.1 Å². The standard InChI is InChI=1S/C18H16N2O4S/c1-3-24-18(22)16-14(17(21)15-5-4-10-25-15)11-20(19-16)12-6-8-13(23-2)9-7-12/h4-11H,3H2,1-2H3. The lowest BCUT2D eigenvalue weighted by molar-refractivity contribution is 0.0516. The number of carbonyl (C=O) groups excluding carboxylic acids is 2. The third-order valence-electron chi connectivity index (χ3n) is 3.51. The van der Waals surface area contributed by atoms with Crippen LogP contribution in [-0.2, 0) is 4.74 Å². The molecule has 0 radical (unpaired) electrons. The van der Waals surface area contributed by atoms with Crippen LogP contribution < -0.4 is 4.74 Å². The number of benzene rings is 1. The molecule has 6 nitrogen and oxygen atoms in total. The summed E-state index contributed by atoms with van der Waals surface area (Å²) in [6.07, 6.45) is 1.55. The zero-order valence-electron chi connectivity index (χ0n) is 13.8. The predicted octanol–water partition coefficient (Wildman–Crippen LogP) is 3.35. The maximum atomic E-state index is 12.7. The van der Waals surface area contributed by atoms with E-state index >= 15 is 0 Å². The molecule has 0 spiro atoms. The fraction of sp³-hybridized carbons (Fsp3) is 0.167. The molecule has 0 saturated heterocycles. The quantitative estimate of drug-likeness (QED) is 0.500. The molecule has 2 heterocycles. The molecule has 7 heteroatoms. The summed E-state index contributed by atoms with van der Waals surface area (Å²) in [6, 6.07) is 10.6. The first kappa shape index (κ1) is 16.9. The summed E-state index contributed by atoms with van der Waals surface area (Å²) in [5, 5.41) is 6.08. The Morgan fingerprint density at radius 3 is 2.56 bits per heavy atom. The first-order valence-electron chi connectivity index (χ1n) is 7.63. The molecule has 0 atom stereocenters. The maximum Gasteiger partial charge on any atom is 0.359 e. The summed E-state index contributed by atoms with van der Waals surface area (Å²) >= 11 is 1.31. The van der Waals surface area contributed by atoms with Crippen molar-refractivity contribution in [2.45, 2.75) is 6.92 Å². The first-order valence-corrected chi connectivity index (χ1v) is 8.51. The summed E-state index contributed by atoms with van der Waals surface area (Å²) in [6.45, 7) is 1.92. The van der Waals surface area contributed by atoms with E-state index in [4.69, 9.17) is 9.47 Å². The number of hydrogen-bond acceptors (Lipinski definition) is 6. The Kier molecular flexibility index (Phi) is 4.95. The molecule has 25 heavy (non-hydrogen) atoms. The molecule has 2 aromatic heterocycles. The van der Waals surface area contributed by atoms with Gasteiger partial charge < -0.3 is 9.47 Å². The van der Waals surface area contributed by atoms with Crippen LogP contribution in [0, 0.1) is 0 Å². The van der Waals surface area contributed by atoms with Crippen LogP contribution in [0.3, 0.4) is 0 Å². The molecule has 3 rings (SSSR count). The van der Waals surface area contributed by atoms with E-state index in [2.05, 4.69) is 5.10 Å². The Morgan fingerprint density at radius 1 is 1.20 bits per heavy atom. The summed E-state index contributed by atoms with van der Waals surface area (Å²) in [4.78, 5) is 25.5. The first-order chi connectivity index (χ1) is 12.1. The normalized spacial score (nSPS) is 10.5. The second kappa shape index (κ2) is 7.31. The fourth-order valence-electron chi connectivity index (χ4n) is 2.30. The molecule has 0 bridgehead atoms. The molecule has 0 N–H and O–H groups in total. The van der Waals surface area contributed by atoms with Gasteiger partial charge in [-0.05, 0) is 42.6 Å². The van der Waals surface area contributed by atoms with Crippen molar-refractivity contribution in [3.8, 4) is 11.4 Å². The fourth-order valence-corrected chi connectivity index (χ4v) is 2.98. The molecule has 0 aliphatic rings. The van der Waals surface area contributed by atoms with Crippen molar-refractivity contribution in [3.63, 3.8) is 0 Å². The SMILES string of the molecule is CCOC(=O)c1nn(-c2ccc(OC)cc2)cc1C(=O)c1cccs1. The molecule has 0 amide bonds. The molecule has 3 aromatic rings. The second-order valence-electron chi connectivity index (χ2n) is 5.06. The van der Waals surface area contributed by atoms with Gasteiger partial charge in [-0.3, -0.25) is 4.79 Å². The van der Waals surface area contributed by atoms with Gasteiger partial charge in [0.25, 0.3) is 0 Å². The number of thiophene rings is 1. The number of esters is 1. The molecular formula is C18H16N2O4S. The van der Waals surface area contributed by atoms with Gasteiger partial charge in [0.2, 0.25) is 5.78 Å². The number of carbonyl (C=O) groups is 2. The van der Waals surface area contributed by atoms with Crippen molar-refractivity contribution in [1.29, 1.82) is 0 Å². The van der Waals surface area contributed by atoms with Crippen LogP contribution >= 0.6 is 11.3 Å². The zero-order valence-corrected chi connectivity index (χ0v) is 14.6. The van der Waals surface area contributed by atoms with Crippen LogP contribution in [0.4, 0.5) is 0 Å². The number of methoxy groups -OCH3 is 1. The monoisotopic (exact) mass is 356 g/mol. The molecule has 1 aromatic carbocycles. The van der Waals surface area contributed by atoms with E-state index < -0.39 is 5.97 Å². The van der Waals surface area contributed by atoms with Gasteiger partial charge in [-0.2, -0.15) is 5.10 Å². The maximum absolute atomic E-state index is 12.7. The summed E-state index contributed by atoms with van der Waals surface area (Å²) < 4.78 is 11.7. The predicted molar refractivity (Wildman–Crippen MR) is 93.8 cm³/mol. The van der Waals surface area contributed by atoms with E-state index in [0.29, 0.717) is 16.3 Å². The molecule has 0 aliphatic carbocycles. The molecule has 128 valence electrons. The van der Waals surface area contributed by atoms with Gasteiger partial charge in [-0.15, -0.1) is 11.3 Å². The summed E-state index contributed by atoms with van der Waals surface area (Å²) in [5.74, 6) is -0.163. The number of ether oxygens (including phenoxy) is 2. The molecule has 0 saturated carbocycles. The Labute approximate surface area is 148 Å². The van der Waals surface area contributed by atoms with Crippen molar-refractivity contribution in [2.24, 2.45) is 0 Å². The van der Waals surface area contributed by atoms with E-state index in [1.807, 2.05) is 5.38 Å². The summed E-state index contributed by atoms with van der Waals surface area (Å²) in [7, 11) is 1.58. The Morgan fingerprint density at radius 2 is 1.96 bits per heavy atom. The van der Waals surface area contributed by atoms with Crippen molar-refractivity contribution < 1.29 is 19.1 Å². The molecule has 0 fully saturated rings. The van der Waals surface area contributed by atoms with Gasteiger partial charge in [0.05, 0.1) is 29.8 Å². The Balaban J connectivity index is 2.04. The summed E-state index contributed by atoms with van der Waals surface area (Å²) in [5.41, 5.74) is 0.935. The lowest BCUT2D eigenvalue weighted by atomic mass is 10.1. The second-order valence-corrected chi connectivity index (χ2v) is 6.01. The minimum absolute atomic E-state index is 0.0102. The third-order valence-corrected chi connectivity index (χ3v) is 4.38. The van der Waals surface area contributed by atoms with Gasteiger partial charge >= 0.3 is 5.97 Å². The van der Waals surface area contributed by atoms with Crippen LogP contribution in [0.1, 0.15) is 32.6 Å². The molecular weight excluding hydrogens is 340 g/mol. The van der Waals surface area contributed by atoms with Gasteiger partial charge in [-0.25, -0.2) is 9.48 Å². The zero-order chi connectivity index (χ0) is 17.8. The highest BCUT2D eigenvalue weighted by molar-refractivity contribution is 7.12. The van der Waals surface area contributed by atoms with Crippen molar-refractivity contribution in [3.05, 3.63) is 64.1 Å². The van der Waals surface area contributed by atoms with Gasteiger partial charge in [0, 0.05) is 6.20 Å². The molecule has 0 aliphatic heterocycles. The van der Waals surface area contributed by atoms with E-state index in [-0.39, 0.29) is 23.6 Å². The van der Waals surface area contributed by atoms with Crippen LogP contribution in [-0.4, -0.2) is 35.2 Å². The lowest BCUT2D eigenvalue weighted by Crippen LogP contribution is -2.11. The largest absolute Gasteiger partial charge is 0.497 e. The Hall–Kier alpha value is -2.93.